The van der Waals surface area contributed by atoms with E-state index in [0.29, 0.717) is 6.04 Å². The molecule has 1 heterocycles. The highest BCUT2D eigenvalue weighted by Gasteiger charge is 2.28. The van der Waals surface area contributed by atoms with Gasteiger partial charge < -0.3 is 0 Å². The molecule has 1 aromatic heterocycles. The van der Waals surface area contributed by atoms with Gasteiger partial charge in [-0.1, -0.05) is 0 Å². The molecule has 4 nitrogen and oxygen atoms in total. The molecule has 1 saturated carbocycles. The molecule has 4 heteroatoms. The second-order valence-electron chi connectivity index (χ2n) is 5.70. The molecule has 0 atom stereocenters. The molecule has 0 unspecified atom stereocenters. The van der Waals surface area contributed by atoms with Gasteiger partial charge in [0.1, 0.15) is 0 Å². The normalized spacial score (nSPS) is 15.6. The Morgan fingerprint density at radius 3 is 2.32 bits per heavy atom. The maximum absolute atomic E-state index is 4.66. The first-order valence-electron chi connectivity index (χ1n) is 7.00. The first kappa shape index (κ1) is 12.3. The summed E-state index contributed by atoms with van der Waals surface area (Å²) in [6.45, 7) is 4.31. The number of aromatic nitrogens is 3. The molecule has 3 rings (SSSR count). The third-order valence-electron chi connectivity index (χ3n) is 4.30. The van der Waals surface area contributed by atoms with Gasteiger partial charge in [0.25, 0.3) is 5.52 Å². The number of nitrogens with zero attached hydrogens (tertiary/aromatic N) is 3. The number of hydrogen-bond donors (Lipinski definition) is 1. The number of benzene rings is 1. The molecule has 0 saturated heterocycles. The standard InChI is InChI=1S/C15H21N4/c1-10-8-13-14(9-11(10)2)19(4)17-15(18(13)3)16-12-6-5-7-12/h8-9,12H,5-7H2,1-4H3/q+1/p+1. The minimum atomic E-state index is 0.600. The molecule has 100 valence electrons. The highest BCUT2D eigenvalue weighted by Crippen LogP contribution is 2.21. The van der Waals surface area contributed by atoms with Crippen molar-refractivity contribution in [3.63, 3.8) is 0 Å². The lowest BCUT2D eigenvalue weighted by Gasteiger charge is -2.22. The van der Waals surface area contributed by atoms with Gasteiger partial charge in [0.15, 0.2) is 17.7 Å². The van der Waals surface area contributed by atoms with Crippen molar-refractivity contribution in [2.24, 2.45) is 14.1 Å². The van der Waals surface area contributed by atoms with Crippen LogP contribution in [0.15, 0.2) is 12.1 Å². The Kier molecular flexibility index (Phi) is 2.88. The van der Waals surface area contributed by atoms with Crippen LogP contribution in [0.5, 0.6) is 0 Å². The zero-order valence-corrected chi connectivity index (χ0v) is 12.2. The van der Waals surface area contributed by atoms with Crippen LogP contribution in [0.1, 0.15) is 30.4 Å². The molecule has 1 N–H and O–H groups in total. The summed E-state index contributed by atoms with van der Waals surface area (Å²) >= 11 is 0. The number of anilines is 1. The fourth-order valence-electron chi connectivity index (χ4n) is 2.55. The van der Waals surface area contributed by atoms with E-state index in [9.17, 15) is 0 Å². The molecule has 1 aliphatic carbocycles. The zero-order chi connectivity index (χ0) is 13.6. The Balaban J connectivity index is 2.14. The summed E-state index contributed by atoms with van der Waals surface area (Å²) < 4.78 is 4.14. The van der Waals surface area contributed by atoms with E-state index in [1.54, 1.807) is 0 Å². The average Bonchev–Trinajstić information content (AvgIpc) is 2.32. The van der Waals surface area contributed by atoms with Crippen LogP contribution in [0.3, 0.4) is 0 Å². The van der Waals surface area contributed by atoms with Crippen molar-refractivity contribution in [1.29, 1.82) is 0 Å². The molecule has 0 radical (unpaired) electrons. The van der Waals surface area contributed by atoms with E-state index in [1.165, 1.54) is 41.4 Å². The molecule has 1 aliphatic rings. The van der Waals surface area contributed by atoms with Gasteiger partial charge in [-0.05, 0) is 55.0 Å². The van der Waals surface area contributed by atoms with E-state index in [2.05, 4.69) is 48.0 Å². The summed E-state index contributed by atoms with van der Waals surface area (Å²) in [4.78, 5) is 0. The quantitative estimate of drug-likeness (QED) is 0.827. The van der Waals surface area contributed by atoms with Gasteiger partial charge in [0, 0.05) is 6.07 Å². The smallest absolute Gasteiger partial charge is 0.267 e. The number of hydrogen-bond acceptors (Lipinski definition) is 2. The Hall–Kier alpha value is -1.71. The van der Waals surface area contributed by atoms with Crippen molar-refractivity contribution in [3.05, 3.63) is 23.3 Å². The zero-order valence-electron chi connectivity index (χ0n) is 12.2. The predicted octanol–water partition coefficient (Wildman–Crippen LogP) is 1.47. The Morgan fingerprint density at radius 2 is 1.74 bits per heavy atom. The lowest BCUT2D eigenvalue weighted by Crippen LogP contribution is -2.47. The molecular formula is C15H22N4+2. The second kappa shape index (κ2) is 4.44. The van der Waals surface area contributed by atoms with E-state index in [-0.39, 0.29) is 0 Å². The highest BCUT2D eigenvalue weighted by molar-refractivity contribution is 5.70. The Labute approximate surface area is 114 Å². The van der Waals surface area contributed by atoms with Gasteiger partial charge in [-0.2, -0.15) is 0 Å². The highest BCUT2D eigenvalue weighted by atomic mass is 15.4. The van der Waals surface area contributed by atoms with Crippen LogP contribution >= 0.6 is 0 Å². The molecule has 0 amide bonds. The average molecular weight is 258 g/mol. The van der Waals surface area contributed by atoms with Crippen LogP contribution in [0.2, 0.25) is 0 Å². The fraction of sp³-hybridized carbons (Fsp3) is 0.533. The van der Waals surface area contributed by atoms with Crippen LogP contribution in [0.4, 0.5) is 5.95 Å². The maximum atomic E-state index is 4.66. The van der Waals surface area contributed by atoms with Crippen molar-refractivity contribution in [2.45, 2.75) is 39.2 Å². The van der Waals surface area contributed by atoms with Gasteiger partial charge in [0.2, 0.25) is 0 Å². The minimum Gasteiger partial charge on any atom is -0.267 e. The first-order chi connectivity index (χ1) is 9.06. The first-order valence-corrected chi connectivity index (χ1v) is 7.00. The Morgan fingerprint density at radius 1 is 1.11 bits per heavy atom. The predicted molar refractivity (Wildman–Crippen MR) is 74.8 cm³/mol. The third-order valence-corrected chi connectivity index (χ3v) is 4.30. The fourth-order valence-corrected chi connectivity index (χ4v) is 2.55. The monoisotopic (exact) mass is 258 g/mol. The van der Waals surface area contributed by atoms with E-state index in [0.717, 1.165) is 5.95 Å². The van der Waals surface area contributed by atoms with Crippen LogP contribution in [0, 0.1) is 13.8 Å². The third kappa shape index (κ3) is 2.05. The van der Waals surface area contributed by atoms with Crippen molar-refractivity contribution < 1.29 is 9.25 Å². The van der Waals surface area contributed by atoms with Crippen molar-refractivity contribution >= 4 is 17.0 Å². The number of rotatable bonds is 2. The lowest BCUT2D eigenvalue weighted by atomic mass is 9.93. The second-order valence-corrected chi connectivity index (χ2v) is 5.70. The topological polar surface area (TPSA) is 32.7 Å². The maximum Gasteiger partial charge on any atom is 0.458 e. The van der Waals surface area contributed by atoms with Gasteiger partial charge in [-0.15, -0.1) is 0 Å². The van der Waals surface area contributed by atoms with Gasteiger partial charge in [-0.3, -0.25) is 5.32 Å². The van der Waals surface area contributed by atoms with Gasteiger partial charge >= 0.3 is 5.95 Å². The molecule has 19 heavy (non-hydrogen) atoms. The molecule has 1 aromatic carbocycles. The summed E-state index contributed by atoms with van der Waals surface area (Å²) in [5, 5.41) is 8.21. The molecule has 1 fully saturated rings. The lowest BCUT2D eigenvalue weighted by molar-refractivity contribution is -0.733. The van der Waals surface area contributed by atoms with Crippen LogP contribution in [-0.2, 0) is 14.1 Å². The summed E-state index contributed by atoms with van der Waals surface area (Å²) in [7, 11) is 4.11. The van der Waals surface area contributed by atoms with Crippen LogP contribution in [-0.4, -0.2) is 11.1 Å². The summed E-state index contributed by atoms with van der Waals surface area (Å²) in [6, 6.07) is 5.06. The van der Waals surface area contributed by atoms with Crippen LogP contribution in [0.25, 0.3) is 11.0 Å². The molecular weight excluding hydrogens is 236 g/mol. The molecule has 0 spiro atoms. The minimum absolute atomic E-state index is 0.600. The van der Waals surface area contributed by atoms with Crippen molar-refractivity contribution in [3.8, 4) is 0 Å². The van der Waals surface area contributed by atoms with E-state index in [1.807, 2.05) is 11.7 Å². The summed E-state index contributed by atoms with van der Waals surface area (Å²) in [6.07, 6.45) is 3.85. The SMILES string of the molecule is Cc1cc2c(cc1C)[n+](C)c(NC1CCC1)n[n+]2C. The molecule has 0 aliphatic heterocycles. The van der Waals surface area contributed by atoms with Crippen molar-refractivity contribution in [2.75, 3.05) is 5.32 Å². The van der Waals surface area contributed by atoms with E-state index >= 15 is 0 Å². The number of aryl methyl sites for hydroxylation is 4. The largest absolute Gasteiger partial charge is 0.458 e. The number of nitrogens with one attached hydrogen (secondary N) is 1. The summed E-state index contributed by atoms with van der Waals surface area (Å²) in [5.41, 5.74) is 5.03. The van der Waals surface area contributed by atoms with E-state index in [4.69, 9.17) is 0 Å². The summed E-state index contributed by atoms with van der Waals surface area (Å²) in [5.74, 6) is 0.961. The van der Waals surface area contributed by atoms with Gasteiger partial charge in [0.05, 0.1) is 13.1 Å². The van der Waals surface area contributed by atoms with E-state index < -0.39 is 0 Å². The van der Waals surface area contributed by atoms with Crippen molar-refractivity contribution in [1.82, 2.24) is 5.10 Å². The Bertz CT molecular complexity index is 644. The van der Waals surface area contributed by atoms with Crippen LogP contribution < -0.4 is 14.6 Å². The molecule has 2 aromatic rings. The van der Waals surface area contributed by atoms with Gasteiger partial charge in [-0.25, -0.2) is 4.57 Å². The number of fused-ring (bicyclic) bond motifs is 1. The molecule has 0 bridgehead atoms.